The van der Waals surface area contributed by atoms with Gasteiger partial charge >= 0.3 is 0 Å². The number of hydrogen-bond donors (Lipinski definition) is 1. The molecule has 0 saturated heterocycles. The molecule has 1 aliphatic heterocycles. The van der Waals surface area contributed by atoms with E-state index >= 15 is 0 Å². The van der Waals surface area contributed by atoms with Crippen LogP contribution in [0.2, 0.25) is 0 Å². The highest BCUT2D eigenvalue weighted by atomic mass is 79.9. The second kappa shape index (κ2) is 6.28. The highest BCUT2D eigenvalue weighted by Gasteiger charge is 2.25. The van der Waals surface area contributed by atoms with Crippen LogP contribution in [0.1, 0.15) is 25.7 Å². The first-order chi connectivity index (χ1) is 10.1. The van der Waals surface area contributed by atoms with Gasteiger partial charge in [0.1, 0.15) is 16.3 Å². The van der Waals surface area contributed by atoms with Crippen molar-refractivity contribution in [3.8, 4) is 0 Å². The molecule has 114 valence electrons. The SMILES string of the molecule is O=S(=O)(NCC1CCC(Br)CC1)c1cccc2c1N=S=N2. The number of hydrogen-bond acceptors (Lipinski definition) is 4. The standard InChI is InChI=1S/C13H16BrN3O2S2/c14-10-6-4-9(5-7-10)8-15-21(18,19)12-3-1-2-11-13(12)17-20-16-11/h1-3,9-10,15H,4-8H2. The van der Waals surface area contributed by atoms with Crippen LogP contribution in [0.25, 0.3) is 0 Å². The van der Waals surface area contributed by atoms with E-state index in [1.807, 2.05) is 0 Å². The second-order valence-corrected chi connectivity index (χ2v) is 8.92. The molecular weight excluding hydrogens is 374 g/mol. The Bertz CT molecular complexity index is 706. The van der Waals surface area contributed by atoms with Crippen LogP contribution in [0.4, 0.5) is 11.4 Å². The van der Waals surface area contributed by atoms with E-state index in [0.717, 1.165) is 37.0 Å². The maximum atomic E-state index is 12.5. The summed E-state index contributed by atoms with van der Waals surface area (Å²) < 4.78 is 35.8. The van der Waals surface area contributed by atoms with Crippen LogP contribution in [0.15, 0.2) is 31.8 Å². The zero-order chi connectivity index (χ0) is 14.9. The summed E-state index contributed by atoms with van der Waals surface area (Å²) in [6, 6.07) is 5.06. The summed E-state index contributed by atoms with van der Waals surface area (Å²) in [7, 11) is -3.53. The Morgan fingerprint density at radius 1 is 1.24 bits per heavy atom. The largest absolute Gasteiger partial charge is 0.242 e. The summed E-state index contributed by atoms with van der Waals surface area (Å²) in [5.74, 6) is 0.418. The van der Waals surface area contributed by atoms with E-state index in [2.05, 4.69) is 29.4 Å². The van der Waals surface area contributed by atoms with E-state index in [9.17, 15) is 8.42 Å². The first-order valence-electron chi connectivity index (χ1n) is 6.91. The van der Waals surface area contributed by atoms with E-state index in [-0.39, 0.29) is 4.90 Å². The molecule has 1 aliphatic carbocycles. The summed E-state index contributed by atoms with van der Waals surface area (Å²) in [6.07, 6.45) is 4.33. The van der Waals surface area contributed by atoms with Crippen LogP contribution in [-0.4, -0.2) is 19.8 Å². The topological polar surface area (TPSA) is 70.9 Å². The van der Waals surface area contributed by atoms with E-state index in [1.165, 1.54) is 0 Å². The molecule has 8 heteroatoms. The van der Waals surface area contributed by atoms with Gasteiger partial charge in [0.15, 0.2) is 0 Å². The molecule has 1 fully saturated rings. The summed E-state index contributed by atoms with van der Waals surface area (Å²) in [5.41, 5.74) is 1.09. The van der Waals surface area contributed by atoms with Crippen LogP contribution in [0, 0.1) is 5.92 Å². The molecule has 1 aromatic carbocycles. The third-order valence-electron chi connectivity index (χ3n) is 3.88. The van der Waals surface area contributed by atoms with Gasteiger partial charge in [-0.1, -0.05) is 22.0 Å². The van der Waals surface area contributed by atoms with Crippen LogP contribution in [0.5, 0.6) is 0 Å². The minimum atomic E-state index is -3.53. The molecule has 0 spiro atoms. The Labute approximate surface area is 136 Å². The molecule has 21 heavy (non-hydrogen) atoms. The summed E-state index contributed by atoms with van der Waals surface area (Å²) in [6.45, 7) is 0.496. The molecule has 2 aliphatic rings. The van der Waals surface area contributed by atoms with Gasteiger partial charge in [0.05, 0.1) is 11.4 Å². The first kappa shape index (κ1) is 15.3. The van der Waals surface area contributed by atoms with Gasteiger partial charge in [-0.2, -0.15) is 8.73 Å². The van der Waals surface area contributed by atoms with Crippen LogP contribution < -0.4 is 4.72 Å². The fraction of sp³-hybridized carbons (Fsp3) is 0.538. The zero-order valence-corrected chi connectivity index (χ0v) is 14.5. The van der Waals surface area contributed by atoms with Crippen LogP contribution in [0.3, 0.4) is 0 Å². The van der Waals surface area contributed by atoms with Crippen molar-refractivity contribution < 1.29 is 8.42 Å². The number of nitrogens with one attached hydrogen (secondary N) is 1. The molecule has 1 saturated carbocycles. The Kier molecular flexibility index (Phi) is 4.58. The highest BCUT2D eigenvalue weighted by molar-refractivity contribution is 9.09. The third-order valence-corrected chi connectivity index (χ3v) is 6.79. The van der Waals surface area contributed by atoms with Crippen molar-refractivity contribution in [3.05, 3.63) is 18.2 Å². The molecule has 0 amide bonds. The molecule has 0 radical (unpaired) electrons. The molecule has 1 heterocycles. The van der Waals surface area contributed by atoms with Crippen molar-refractivity contribution in [1.29, 1.82) is 0 Å². The van der Waals surface area contributed by atoms with Crippen molar-refractivity contribution in [2.75, 3.05) is 6.54 Å². The van der Waals surface area contributed by atoms with Crippen LogP contribution in [-0.2, 0) is 21.4 Å². The predicted octanol–water partition coefficient (Wildman–Crippen LogP) is 3.65. The molecule has 5 nitrogen and oxygen atoms in total. The van der Waals surface area contributed by atoms with Gasteiger partial charge in [0, 0.05) is 11.4 Å². The normalized spacial score (nSPS) is 24.6. The smallest absolute Gasteiger partial charge is 0.211 e. The number of alkyl halides is 1. The van der Waals surface area contributed by atoms with E-state index in [1.54, 1.807) is 18.2 Å². The number of rotatable bonds is 4. The Morgan fingerprint density at radius 2 is 2.00 bits per heavy atom. The Hall–Kier alpha value is -0.570. The van der Waals surface area contributed by atoms with Crippen molar-refractivity contribution in [3.63, 3.8) is 0 Å². The number of fused-ring (bicyclic) bond motifs is 1. The molecule has 0 atom stereocenters. The molecule has 1 N–H and O–H groups in total. The van der Waals surface area contributed by atoms with Gasteiger partial charge in [0.2, 0.25) is 10.0 Å². The van der Waals surface area contributed by atoms with Gasteiger partial charge in [-0.25, -0.2) is 13.1 Å². The van der Waals surface area contributed by atoms with Gasteiger partial charge in [-0.15, -0.1) is 0 Å². The lowest BCUT2D eigenvalue weighted by molar-refractivity contribution is 0.366. The van der Waals surface area contributed by atoms with Crippen molar-refractivity contribution in [1.82, 2.24) is 4.72 Å². The number of sulfonamides is 1. The molecule has 3 rings (SSSR count). The molecule has 0 unspecified atom stereocenters. The van der Waals surface area contributed by atoms with Crippen molar-refractivity contribution >= 4 is 48.7 Å². The molecule has 0 aromatic heterocycles. The molecular formula is C13H16BrN3O2S2. The maximum absolute atomic E-state index is 12.5. The predicted molar refractivity (Wildman–Crippen MR) is 87.8 cm³/mol. The monoisotopic (exact) mass is 389 g/mol. The highest BCUT2D eigenvalue weighted by Crippen LogP contribution is 2.37. The fourth-order valence-electron chi connectivity index (χ4n) is 2.63. The Morgan fingerprint density at radius 3 is 2.76 bits per heavy atom. The number of benzene rings is 1. The third kappa shape index (κ3) is 3.44. The van der Waals surface area contributed by atoms with E-state index in [4.69, 9.17) is 0 Å². The lowest BCUT2D eigenvalue weighted by Crippen LogP contribution is -2.31. The van der Waals surface area contributed by atoms with Gasteiger partial charge in [-0.05, 0) is 43.7 Å². The van der Waals surface area contributed by atoms with Gasteiger partial charge in [-0.3, -0.25) is 0 Å². The zero-order valence-electron chi connectivity index (χ0n) is 11.3. The first-order valence-corrected chi connectivity index (χ1v) is 10.0. The molecule has 1 aromatic rings. The lowest BCUT2D eigenvalue weighted by atomic mass is 9.89. The van der Waals surface area contributed by atoms with Gasteiger partial charge in [0.25, 0.3) is 0 Å². The summed E-state index contributed by atoms with van der Waals surface area (Å²) in [5, 5.41) is 0. The summed E-state index contributed by atoms with van der Waals surface area (Å²) in [4.78, 5) is 0.808. The van der Waals surface area contributed by atoms with E-state index in [0.29, 0.717) is 28.7 Å². The fourth-order valence-corrected chi connectivity index (χ4v) is 5.04. The number of halogens is 1. The van der Waals surface area contributed by atoms with E-state index < -0.39 is 10.0 Å². The number of nitrogens with zero attached hydrogens (tertiary/aromatic N) is 2. The quantitative estimate of drug-likeness (QED) is 0.810. The lowest BCUT2D eigenvalue weighted by Gasteiger charge is -2.25. The second-order valence-electron chi connectivity index (χ2n) is 5.36. The average molecular weight is 390 g/mol. The van der Waals surface area contributed by atoms with Crippen molar-refractivity contribution in [2.24, 2.45) is 14.6 Å². The summed E-state index contributed by atoms with van der Waals surface area (Å²) >= 11 is 4.65. The molecule has 0 bridgehead atoms. The minimum Gasteiger partial charge on any atom is -0.211 e. The minimum absolute atomic E-state index is 0.225. The average Bonchev–Trinajstić information content (AvgIpc) is 2.95. The maximum Gasteiger partial charge on any atom is 0.242 e. The van der Waals surface area contributed by atoms with Gasteiger partial charge < -0.3 is 0 Å². The Balaban J connectivity index is 1.71. The van der Waals surface area contributed by atoms with Crippen molar-refractivity contribution in [2.45, 2.75) is 35.4 Å². The van der Waals surface area contributed by atoms with Crippen LogP contribution >= 0.6 is 15.9 Å².